The predicted octanol–water partition coefficient (Wildman–Crippen LogP) is 2.63. The minimum absolute atomic E-state index is 0.000893. The van der Waals surface area contributed by atoms with Crippen LogP contribution in [0, 0.1) is 5.92 Å². The molecule has 1 aromatic carbocycles. The Morgan fingerprint density at radius 3 is 2.26 bits per heavy atom. The van der Waals surface area contributed by atoms with Crippen molar-refractivity contribution in [2.45, 2.75) is 45.7 Å². The Morgan fingerprint density at radius 2 is 1.70 bits per heavy atom. The first-order valence-corrected chi connectivity index (χ1v) is 8.38. The summed E-state index contributed by atoms with van der Waals surface area (Å²) in [6.45, 7) is 7.56. The second kappa shape index (κ2) is 7.99. The molecule has 2 N–H and O–H groups in total. The third kappa shape index (κ3) is 4.98. The van der Waals surface area contributed by atoms with Crippen LogP contribution >= 0.6 is 0 Å². The van der Waals surface area contributed by atoms with E-state index in [2.05, 4.69) is 24.5 Å². The number of urea groups is 1. The molecule has 1 unspecified atom stereocenters. The van der Waals surface area contributed by atoms with Crippen LogP contribution in [-0.2, 0) is 0 Å². The highest BCUT2D eigenvalue weighted by Gasteiger charge is 2.25. The zero-order chi connectivity index (χ0) is 16.8. The summed E-state index contributed by atoms with van der Waals surface area (Å²) < 4.78 is 0. The molecule has 0 radical (unpaired) electrons. The normalized spacial score (nSPS) is 17.0. The van der Waals surface area contributed by atoms with E-state index in [4.69, 9.17) is 0 Å². The van der Waals surface area contributed by atoms with Gasteiger partial charge in [0, 0.05) is 30.7 Å². The lowest BCUT2D eigenvalue weighted by Crippen LogP contribution is -2.51. The van der Waals surface area contributed by atoms with Gasteiger partial charge in [-0.05, 0) is 37.8 Å². The van der Waals surface area contributed by atoms with E-state index in [0.717, 1.165) is 12.8 Å². The zero-order valence-electron chi connectivity index (χ0n) is 14.2. The first-order valence-electron chi connectivity index (χ1n) is 8.38. The van der Waals surface area contributed by atoms with Gasteiger partial charge >= 0.3 is 6.03 Å². The number of nitrogens with one attached hydrogen (secondary N) is 2. The Labute approximate surface area is 138 Å². The highest BCUT2D eigenvalue weighted by molar-refractivity contribution is 5.94. The number of amides is 3. The van der Waals surface area contributed by atoms with Crippen molar-refractivity contribution in [2.75, 3.05) is 13.1 Å². The number of piperidine rings is 1. The summed E-state index contributed by atoms with van der Waals surface area (Å²) in [4.78, 5) is 26.2. The molecule has 1 saturated heterocycles. The molecule has 1 heterocycles. The highest BCUT2D eigenvalue weighted by atomic mass is 16.2. The summed E-state index contributed by atoms with van der Waals surface area (Å²) in [5.41, 5.74) is 0.679. The van der Waals surface area contributed by atoms with Crippen LogP contribution in [0.4, 0.5) is 4.79 Å². The third-order valence-electron chi connectivity index (χ3n) is 4.50. The standard InChI is InChI=1S/C18H27N3O2/c1-13(2)14(3)19-18(23)21-11-9-16(10-12-21)20-17(22)15-7-5-4-6-8-15/h4-8,13-14,16H,9-12H2,1-3H3,(H,19,23)(H,20,22). The Bertz CT molecular complexity index is 522. The van der Waals surface area contributed by atoms with Crippen molar-refractivity contribution < 1.29 is 9.59 Å². The van der Waals surface area contributed by atoms with Crippen LogP contribution in [0.5, 0.6) is 0 Å². The summed E-state index contributed by atoms with van der Waals surface area (Å²) in [6, 6.07) is 9.53. The Kier molecular flexibility index (Phi) is 6.02. The van der Waals surface area contributed by atoms with Crippen LogP contribution in [0.1, 0.15) is 44.0 Å². The molecule has 126 valence electrons. The van der Waals surface area contributed by atoms with E-state index in [1.54, 1.807) is 0 Å². The average molecular weight is 317 g/mol. The van der Waals surface area contributed by atoms with Crippen molar-refractivity contribution in [3.8, 4) is 0 Å². The topological polar surface area (TPSA) is 61.4 Å². The minimum Gasteiger partial charge on any atom is -0.349 e. The zero-order valence-corrected chi connectivity index (χ0v) is 14.2. The number of carbonyl (C=O) groups is 2. The Balaban J connectivity index is 1.78. The Morgan fingerprint density at radius 1 is 1.09 bits per heavy atom. The van der Waals surface area contributed by atoms with E-state index in [9.17, 15) is 9.59 Å². The fourth-order valence-electron chi connectivity index (χ4n) is 2.54. The molecule has 0 spiro atoms. The molecule has 5 nitrogen and oxygen atoms in total. The fourth-order valence-corrected chi connectivity index (χ4v) is 2.54. The molecule has 1 aromatic rings. The van der Waals surface area contributed by atoms with Gasteiger partial charge in [0.15, 0.2) is 0 Å². The molecule has 1 fully saturated rings. The molecular formula is C18H27N3O2. The van der Waals surface area contributed by atoms with Crippen molar-refractivity contribution >= 4 is 11.9 Å². The second-order valence-electron chi connectivity index (χ2n) is 6.58. The number of nitrogens with zero attached hydrogens (tertiary/aromatic N) is 1. The van der Waals surface area contributed by atoms with Gasteiger partial charge in [0.25, 0.3) is 5.91 Å². The summed E-state index contributed by atoms with van der Waals surface area (Å²) in [5, 5.41) is 6.09. The average Bonchev–Trinajstić information content (AvgIpc) is 2.56. The number of carbonyl (C=O) groups excluding carboxylic acids is 2. The van der Waals surface area contributed by atoms with E-state index in [1.165, 1.54) is 0 Å². The molecule has 0 saturated carbocycles. The van der Waals surface area contributed by atoms with Crippen LogP contribution in [0.3, 0.4) is 0 Å². The quantitative estimate of drug-likeness (QED) is 0.897. The van der Waals surface area contributed by atoms with Gasteiger partial charge in [0.2, 0.25) is 0 Å². The molecule has 0 aliphatic carbocycles. The van der Waals surface area contributed by atoms with Crippen LogP contribution in [0.15, 0.2) is 30.3 Å². The number of likely N-dealkylation sites (tertiary alicyclic amines) is 1. The van der Waals surface area contributed by atoms with E-state index in [-0.39, 0.29) is 24.0 Å². The van der Waals surface area contributed by atoms with Crippen LogP contribution in [0.2, 0.25) is 0 Å². The monoisotopic (exact) mass is 317 g/mol. The molecule has 23 heavy (non-hydrogen) atoms. The van der Waals surface area contributed by atoms with Gasteiger partial charge in [-0.1, -0.05) is 32.0 Å². The summed E-state index contributed by atoms with van der Waals surface area (Å²) >= 11 is 0. The Hall–Kier alpha value is -2.04. The SMILES string of the molecule is CC(C)C(C)NC(=O)N1CCC(NC(=O)c2ccccc2)CC1. The van der Waals surface area contributed by atoms with Crippen molar-refractivity contribution in [3.63, 3.8) is 0 Å². The first kappa shape index (κ1) is 17.3. The molecule has 0 bridgehead atoms. The van der Waals surface area contributed by atoms with Gasteiger partial charge < -0.3 is 15.5 Å². The van der Waals surface area contributed by atoms with Gasteiger partial charge in [-0.15, -0.1) is 0 Å². The van der Waals surface area contributed by atoms with Crippen molar-refractivity contribution in [1.82, 2.24) is 15.5 Å². The van der Waals surface area contributed by atoms with Gasteiger partial charge in [0.1, 0.15) is 0 Å². The maximum atomic E-state index is 12.2. The molecule has 0 aromatic heterocycles. The van der Waals surface area contributed by atoms with Crippen LogP contribution < -0.4 is 10.6 Å². The molecule has 1 aliphatic heterocycles. The predicted molar refractivity (Wildman–Crippen MR) is 91.3 cm³/mol. The van der Waals surface area contributed by atoms with Crippen molar-refractivity contribution in [3.05, 3.63) is 35.9 Å². The first-order chi connectivity index (χ1) is 11.0. The molecule has 3 amide bonds. The molecular weight excluding hydrogens is 290 g/mol. The number of hydrogen-bond acceptors (Lipinski definition) is 2. The highest BCUT2D eigenvalue weighted by Crippen LogP contribution is 2.12. The molecule has 1 atom stereocenters. The van der Waals surface area contributed by atoms with Crippen LogP contribution in [-0.4, -0.2) is 42.0 Å². The lowest BCUT2D eigenvalue weighted by atomic mass is 10.0. The smallest absolute Gasteiger partial charge is 0.317 e. The summed E-state index contributed by atoms with van der Waals surface area (Å²) in [6.07, 6.45) is 1.59. The van der Waals surface area contributed by atoms with Gasteiger partial charge in [-0.2, -0.15) is 0 Å². The number of hydrogen-bond donors (Lipinski definition) is 2. The van der Waals surface area contributed by atoms with Crippen LogP contribution in [0.25, 0.3) is 0 Å². The fraction of sp³-hybridized carbons (Fsp3) is 0.556. The number of benzene rings is 1. The summed E-state index contributed by atoms with van der Waals surface area (Å²) in [7, 11) is 0. The summed E-state index contributed by atoms with van der Waals surface area (Å²) in [5.74, 6) is 0.378. The molecule has 2 rings (SSSR count). The van der Waals surface area contributed by atoms with E-state index in [1.807, 2.05) is 42.2 Å². The maximum Gasteiger partial charge on any atom is 0.317 e. The van der Waals surface area contributed by atoms with Crippen molar-refractivity contribution in [2.24, 2.45) is 5.92 Å². The van der Waals surface area contributed by atoms with Gasteiger partial charge in [-0.25, -0.2) is 4.79 Å². The maximum absolute atomic E-state index is 12.2. The minimum atomic E-state index is -0.0399. The molecule has 1 aliphatic rings. The lowest BCUT2D eigenvalue weighted by molar-refractivity contribution is 0.0917. The third-order valence-corrected chi connectivity index (χ3v) is 4.50. The lowest BCUT2D eigenvalue weighted by Gasteiger charge is -2.33. The van der Waals surface area contributed by atoms with E-state index in [0.29, 0.717) is 24.6 Å². The van der Waals surface area contributed by atoms with Crippen molar-refractivity contribution in [1.29, 1.82) is 0 Å². The van der Waals surface area contributed by atoms with Gasteiger partial charge in [0.05, 0.1) is 0 Å². The largest absolute Gasteiger partial charge is 0.349 e. The number of rotatable bonds is 4. The second-order valence-corrected chi connectivity index (χ2v) is 6.58. The molecule has 5 heteroatoms. The van der Waals surface area contributed by atoms with Gasteiger partial charge in [-0.3, -0.25) is 4.79 Å². The van der Waals surface area contributed by atoms with E-state index < -0.39 is 0 Å². The van der Waals surface area contributed by atoms with E-state index >= 15 is 0 Å².